The second-order valence-corrected chi connectivity index (χ2v) is 8.48. The molecule has 2 aromatic rings. The summed E-state index contributed by atoms with van der Waals surface area (Å²) < 4.78 is 14.0. The van der Waals surface area contributed by atoms with Crippen LogP contribution >= 0.6 is 39.3 Å². The van der Waals surface area contributed by atoms with Crippen molar-refractivity contribution in [3.63, 3.8) is 0 Å². The van der Waals surface area contributed by atoms with Crippen molar-refractivity contribution in [1.29, 1.82) is 5.26 Å². The summed E-state index contributed by atoms with van der Waals surface area (Å²) in [5, 5.41) is 15.7. The quantitative estimate of drug-likeness (QED) is 0.616. The molecule has 0 unspecified atom stereocenters. The number of nitrogens with zero attached hydrogens (tertiary/aromatic N) is 1. The number of anilines is 1. The van der Waals surface area contributed by atoms with Crippen LogP contribution in [0.1, 0.15) is 17.9 Å². The van der Waals surface area contributed by atoms with E-state index in [1.54, 1.807) is 30.3 Å². The van der Waals surface area contributed by atoms with Gasteiger partial charge in [-0.2, -0.15) is 5.26 Å². The second kappa shape index (κ2) is 9.44. The number of rotatable bonds is 5. The fourth-order valence-electron chi connectivity index (χ4n) is 2.83. The van der Waals surface area contributed by atoms with E-state index in [4.69, 9.17) is 11.6 Å². The molecule has 0 saturated heterocycles. The minimum Gasteiger partial charge on any atom is -0.324 e. The highest BCUT2D eigenvalue weighted by Crippen LogP contribution is 2.36. The first kappa shape index (κ1) is 21.4. The van der Waals surface area contributed by atoms with E-state index < -0.39 is 11.7 Å². The highest BCUT2D eigenvalue weighted by molar-refractivity contribution is 9.10. The Kier molecular flexibility index (Phi) is 6.96. The highest BCUT2D eigenvalue weighted by Gasteiger charge is 2.29. The van der Waals surface area contributed by atoms with Crippen LogP contribution in [0.4, 0.5) is 10.1 Å². The zero-order valence-electron chi connectivity index (χ0n) is 14.8. The summed E-state index contributed by atoms with van der Waals surface area (Å²) in [4.78, 5) is 24.4. The molecule has 2 N–H and O–H groups in total. The van der Waals surface area contributed by atoms with Gasteiger partial charge in [-0.1, -0.05) is 51.4 Å². The van der Waals surface area contributed by atoms with Crippen LogP contribution in [0, 0.1) is 17.1 Å². The van der Waals surface area contributed by atoms with Crippen molar-refractivity contribution in [3.8, 4) is 6.07 Å². The molecule has 1 heterocycles. The van der Waals surface area contributed by atoms with Crippen LogP contribution in [0.3, 0.4) is 0 Å². The molecule has 0 bridgehead atoms. The molecular weight excluding hydrogens is 481 g/mol. The molecule has 0 radical (unpaired) electrons. The zero-order valence-corrected chi connectivity index (χ0v) is 18.0. The lowest BCUT2D eigenvalue weighted by atomic mass is 9.87. The van der Waals surface area contributed by atoms with Crippen LogP contribution in [-0.2, 0) is 9.59 Å². The zero-order chi connectivity index (χ0) is 21.0. The van der Waals surface area contributed by atoms with Crippen molar-refractivity contribution in [1.82, 2.24) is 5.32 Å². The Morgan fingerprint density at radius 2 is 2.07 bits per heavy atom. The van der Waals surface area contributed by atoms with Gasteiger partial charge in [-0.05, 0) is 35.9 Å². The molecule has 0 aliphatic carbocycles. The van der Waals surface area contributed by atoms with E-state index in [-0.39, 0.29) is 24.0 Å². The van der Waals surface area contributed by atoms with Crippen LogP contribution in [0.2, 0.25) is 5.02 Å². The van der Waals surface area contributed by atoms with Gasteiger partial charge >= 0.3 is 0 Å². The largest absolute Gasteiger partial charge is 0.324 e. The number of thioether (sulfide) groups is 1. The monoisotopic (exact) mass is 493 g/mol. The third-order valence-electron chi connectivity index (χ3n) is 4.18. The summed E-state index contributed by atoms with van der Waals surface area (Å²) in [7, 11) is 0. The predicted molar refractivity (Wildman–Crippen MR) is 115 cm³/mol. The molecule has 0 saturated carbocycles. The molecular formula is C20H14BrClFN3O2S. The van der Waals surface area contributed by atoms with Crippen LogP contribution in [-0.4, -0.2) is 17.6 Å². The standard InChI is InChI=1S/C20H14BrClFN3O2S/c21-12-3-6-17(16(22)7-12)25-19(28)10-29-20-15(9-24)14(8-18(27)26-20)11-1-4-13(23)5-2-11/h1-7,14H,8,10H2,(H,25,28)(H,26,27)/t14-/m1/s1. The molecule has 2 aromatic carbocycles. The molecule has 1 atom stereocenters. The van der Waals surface area contributed by atoms with Gasteiger partial charge in [0.15, 0.2) is 0 Å². The molecule has 3 rings (SSSR count). The van der Waals surface area contributed by atoms with Crippen molar-refractivity contribution in [3.05, 3.63) is 73.9 Å². The Morgan fingerprint density at radius 3 is 2.72 bits per heavy atom. The van der Waals surface area contributed by atoms with Crippen molar-refractivity contribution >= 4 is 56.8 Å². The summed E-state index contributed by atoms with van der Waals surface area (Å²) in [6.07, 6.45) is 0.0826. The van der Waals surface area contributed by atoms with E-state index in [1.165, 1.54) is 12.1 Å². The SMILES string of the molecule is N#CC1=C(SCC(=O)Nc2ccc(Br)cc2Cl)NC(=O)C[C@@H]1c1ccc(F)cc1. The molecule has 29 heavy (non-hydrogen) atoms. The summed E-state index contributed by atoms with van der Waals surface area (Å²) >= 11 is 10.5. The average Bonchev–Trinajstić information content (AvgIpc) is 2.68. The number of carbonyl (C=O) groups is 2. The number of allylic oxidation sites excluding steroid dienone is 1. The van der Waals surface area contributed by atoms with Crippen LogP contribution in [0.25, 0.3) is 0 Å². The number of nitrogens with one attached hydrogen (secondary N) is 2. The number of hydrogen-bond acceptors (Lipinski definition) is 4. The van der Waals surface area contributed by atoms with Gasteiger partial charge in [-0.25, -0.2) is 4.39 Å². The summed E-state index contributed by atoms with van der Waals surface area (Å²) in [5.74, 6) is -1.50. The third-order valence-corrected chi connectivity index (χ3v) is 6.00. The number of benzene rings is 2. The van der Waals surface area contributed by atoms with Crippen LogP contribution < -0.4 is 10.6 Å². The normalized spacial score (nSPS) is 16.2. The van der Waals surface area contributed by atoms with Crippen LogP contribution in [0.15, 0.2) is 57.5 Å². The van der Waals surface area contributed by atoms with E-state index in [2.05, 4.69) is 32.6 Å². The summed E-state index contributed by atoms with van der Waals surface area (Å²) in [6, 6.07) is 12.9. The van der Waals surface area contributed by atoms with E-state index in [9.17, 15) is 19.2 Å². The first-order chi connectivity index (χ1) is 13.9. The number of amides is 2. The fraction of sp³-hybridized carbons (Fsp3) is 0.150. The molecule has 1 aliphatic heterocycles. The summed E-state index contributed by atoms with van der Waals surface area (Å²) in [5.41, 5.74) is 1.48. The fourth-order valence-corrected chi connectivity index (χ4v) is 4.43. The first-order valence-electron chi connectivity index (χ1n) is 8.44. The molecule has 2 amide bonds. The number of carbonyl (C=O) groups excluding carboxylic acids is 2. The maximum Gasteiger partial charge on any atom is 0.234 e. The predicted octanol–water partition coefficient (Wildman–Crippen LogP) is 4.95. The smallest absolute Gasteiger partial charge is 0.234 e. The van der Waals surface area contributed by atoms with Gasteiger partial charge in [-0.15, -0.1) is 0 Å². The minimum atomic E-state index is -0.485. The lowest BCUT2D eigenvalue weighted by Gasteiger charge is -2.25. The van der Waals surface area contributed by atoms with E-state index in [0.29, 0.717) is 26.9 Å². The average molecular weight is 495 g/mol. The van der Waals surface area contributed by atoms with E-state index in [1.807, 2.05) is 0 Å². The van der Waals surface area contributed by atoms with Crippen molar-refractivity contribution in [2.75, 3.05) is 11.1 Å². The van der Waals surface area contributed by atoms with Gasteiger partial charge in [0, 0.05) is 16.8 Å². The molecule has 9 heteroatoms. The summed E-state index contributed by atoms with van der Waals surface area (Å²) in [6.45, 7) is 0. The Labute approximate surface area is 184 Å². The number of halogens is 3. The van der Waals surface area contributed by atoms with E-state index >= 15 is 0 Å². The Balaban J connectivity index is 1.75. The Hall–Kier alpha value is -2.34. The third kappa shape index (κ3) is 5.38. The topological polar surface area (TPSA) is 82.0 Å². The molecule has 0 aromatic heterocycles. The Bertz CT molecular complexity index is 1040. The molecule has 5 nitrogen and oxygen atoms in total. The van der Waals surface area contributed by atoms with Crippen LogP contribution in [0.5, 0.6) is 0 Å². The van der Waals surface area contributed by atoms with Gasteiger partial charge in [-0.3, -0.25) is 9.59 Å². The first-order valence-corrected chi connectivity index (χ1v) is 10.6. The van der Waals surface area contributed by atoms with Gasteiger partial charge in [0.25, 0.3) is 0 Å². The van der Waals surface area contributed by atoms with Gasteiger partial charge < -0.3 is 10.6 Å². The van der Waals surface area contributed by atoms with Gasteiger partial charge in [0.05, 0.1) is 33.1 Å². The minimum absolute atomic E-state index is 0.0245. The molecule has 0 fully saturated rings. The lowest BCUT2D eigenvalue weighted by molar-refractivity contribution is -0.121. The lowest BCUT2D eigenvalue weighted by Crippen LogP contribution is -2.31. The molecule has 1 aliphatic rings. The maximum atomic E-state index is 13.2. The molecule has 148 valence electrons. The Morgan fingerprint density at radius 1 is 1.34 bits per heavy atom. The van der Waals surface area contributed by atoms with Crippen molar-refractivity contribution in [2.24, 2.45) is 0 Å². The van der Waals surface area contributed by atoms with Gasteiger partial charge in [0.2, 0.25) is 11.8 Å². The highest BCUT2D eigenvalue weighted by atomic mass is 79.9. The number of hydrogen-bond donors (Lipinski definition) is 2. The van der Waals surface area contributed by atoms with Gasteiger partial charge in [0.1, 0.15) is 5.82 Å². The molecule has 0 spiro atoms. The van der Waals surface area contributed by atoms with E-state index in [0.717, 1.165) is 16.2 Å². The van der Waals surface area contributed by atoms with Crippen molar-refractivity contribution < 1.29 is 14.0 Å². The number of nitriles is 1. The maximum absolute atomic E-state index is 13.2. The van der Waals surface area contributed by atoms with Crippen molar-refractivity contribution in [2.45, 2.75) is 12.3 Å². The second-order valence-electron chi connectivity index (χ2n) is 6.17.